The van der Waals surface area contributed by atoms with Gasteiger partial charge in [-0.15, -0.1) is 0 Å². The third-order valence-corrected chi connectivity index (χ3v) is 6.83. The van der Waals surface area contributed by atoms with Gasteiger partial charge in [-0.3, -0.25) is 9.13 Å². The van der Waals surface area contributed by atoms with Gasteiger partial charge in [-0.25, -0.2) is 4.31 Å². The van der Waals surface area contributed by atoms with E-state index >= 15 is 0 Å². The lowest BCUT2D eigenvalue weighted by molar-refractivity contribution is 0.330. The number of hydrogen-bond donors (Lipinski definition) is 2. The molecular weight excluding hydrogens is 310 g/mol. The zero-order valence-electron chi connectivity index (χ0n) is 11.0. The molecular formula is C14H14O5P2. The van der Waals surface area contributed by atoms with E-state index in [-0.39, 0.29) is 12.3 Å². The van der Waals surface area contributed by atoms with Gasteiger partial charge in [-0.2, -0.15) is 0 Å². The summed E-state index contributed by atoms with van der Waals surface area (Å²) in [4.78, 5) is 19.6. The van der Waals surface area contributed by atoms with Crippen LogP contribution in [0.2, 0.25) is 0 Å². The SMILES string of the molecule is O=P1(O)Cc2ccc(cc2)-c2ccc(cc2)CP(=O)(O)O1. The Kier molecular flexibility index (Phi) is 3.64. The summed E-state index contributed by atoms with van der Waals surface area (Å²) in [7, 11) is -8.35. The van der Waals surface area contributed by atoms with Crippen molar-refractivity contribution in [2.24, 2.45) is 0 Å². The quantitative estimate of drug-likeness (QED) is 0.721. The predicted molar refractivity (Wildman–Crippen MR) is 80.0 cm³/mol. The third-order valence-electron chi connectivity index (χ3n) is 3.26. The Hall–Kier alpha value is -1.22. The van der Waals surface area contributed by atoms with Gasteiger partial charge in [-0.1, -0.05) is 48.5 Å². The van der Waals surface area contributed by atoms with Gasteiger partial charge in [0.25, 0.3) is 0 Å². The topological polar surface area (TPSA) is 83.8 Å². The van der Waals surface area contributed by atoms with Crippen molar-refractivity contribution in [3.63, 3.8) is 0 Å². The molecule has 21 heavy (non-hydrogen) atoms. The molecule has 5 nitrogen and oxygen atoms in total. The highest BCUT2D eigenvalue weighted by molar-refractivity contribution is 7.65. The van der Waals surface area contributed by atoms with Crippen LogP contribution in [0.4, 0.5) is 0 Å². The molecule has 0 radical (unpaired) electrons. The van der Waals surface area contributed by atoms with Crippen molar-refractivity contribution in [3.05, 3.63) is 59.7 Å². The normalized spacial score (nSPS) is 28.7. The molecule has 3 aliphatic rings. The summed E-state index contributed by atoms with van der Waals surface area (Å²) in [5, 5.41) is 0. The molecule has 2 atom stereocenters. The molecule has 2 aromatic carbocycles. The second-order valence-corrected chi connectivity index (χ2v) is 8.90. The summed E-state index contributed by atoms with van der Waals surface area (Å²) in [6, 6.07) is 14.3. The van der Waals surface area contributed by atoms with Crippen LogP contribution < -0.4 is 0 Å². The molecule has 0 fully saturated rings. The van der Waals surface area contributed by atoms with Crippen LogP contribution >= 0.6 is 15.2 Å². The zero-order valence-corrected chi connectivity index (χ0v) is 12.8. The molecule has 2 N–H and O–H groups in total. The molecule has 0 saturated carbocycles. The van der Waals surface area contributed by atoms with Crippen LogP contribution in [0.3, 0.4) is 0 Å². The monoisotopic (exact) mass is 324 g/mol. The van der Waals surface area contributed by atoms with E-state index in [1.807, 2.05) is 24.3 Å². The van der Waals surface area contributed by atoms with E-state index < -0.39 is 15.2 Å². The van der Waals surface area contributed by atoms with Gasteiger partial charge >= 0.3 is 15.2 Å². The Balaban J connectivity index is 2.13. The van der Waals surface area contributed by atoms with E-state index in [0.29, 0.717) is 11.1 Å². The molecule has 2 unspecified atom stereocenters. The summed E-state index contributed by atoms with van der Waals surface area (Å²) >= 11 is 0. The third kappa shape index (κ3) is 3.52. The average Bonchev–Trinajstić information content (AvgIpc) is 2.39. The minimum Gasteiger partial charge on any atom is -0.324 e. The lowest BCUT2D eigenvalue weighted by Crippen LogP contribution is -1.95. The Labute approximate surface area is 122 Å². The maximum atomic E-state index is 12.0. The molecule has 0 saturated heterocycles. The average molecular weight is 324 g/mol. The molecule has 7 heteroatoms. The number of fused-ring (bicyclic) bond motifs is 2. The van der Waals surface area contributed by atoms with Crippen LogP contribution in [0.5, 0.6) is 0 Å². The van der Waals surface area contributed by atoms with Crippen LogP contribution in [-0.2, 0) is 25.8 Å². The molecule has 110 valence electrons. The smallest absolute Gasteiger partial charge is 0.324 e. The molecule has 3 heterocycles. The van der Waals surface area contributed by atoms with Gasteiger partial charge < -0.3 is 9.79 Å². The highest BCUT2D eigenvalue weighted by atomic mass is 31.3. The predicted octanol–water partition coefficient (Wildman–Crippen LogP) is 3.75. The summed E-state index contributed by atoms with van der Waals surface area (Å²) in [5.74, 6) is 0. The summed E-state index contributed by atoms with van der Waals surface area (Å²) < 4.78 is 28.7. The molecule has 5 rings (SSSR count). The van der Waals surface area contributed by atoms with Crippen molar-refractivity contribution in [2.45, 2.75) is 12.3 Å². The van der Waals surface area contributed by atoms with Crippen LogP contribution in [0.25, 0.3) is 11.1 Å². The van der Waals surface area contributed by atoms with Crippen molar-refractivity contribution in [3.8, 4) is 11.1 Å². The highest BCUT2D eigenvalue weighted by Gasteiger charge is 2.32. The lowest BCUT2D eigenvalue weighted by Gasteiger charge is -2.16. The lowest BCUT2D eigenvalue weighted by atomic mass is 10.0. The van der Waals surface area contributed by atoms with Crippen LogP contribution in [-0.4, -0.2) is 9.79 Å². The van der Waals surface area contributed by atoms with Crippen LogP contribution in [0.1, 0.15) is 11.1 Å². The largest absolute Gasteiger partial charge is 0.339 e. The Morgan fingerprint density at radius 3 is 1.38 bits per heavy atom. The molecule has 4 bridgehead atoms. The standard InChI is InChI=1S/C14H14O5P2/c15-20(16)9-11-1-5-13(6-2-11)14-7-3-12(4-8-14)10-21(17,18)19-20/h1-8H,9-10H2,(H,15,16)(H,17,18). The van der Waals surface area contributed by atoms with E-state index in [2.05, 4.69) is 4.31 Å². The van der Waals surface area contributed by atoms with Crippen molar-refractivity contribution >= 4 is 15.2 Å². The van der Waals surface area contributed by atoms with Gasteiger partial charge in [0, 0.05) is 0 Å². The first-order valence-corrected chi connectivity index (χ1v) is 9.89. The van der Waals surface area contributed by atoms with Gasteiger partial charge in [0.15, 0.2) is 0 Å². The second kappa shape index (κ2) is 5.20. The second-order valence-electron chi connectivity index (χ2n) is 5.07. The fourth-order valence-corrected chi connectivity index (χ4v) is 5.73. The summed E-state index contributed by atoms with van der Waals surface area (Å²) in [5.41, 5.74) is 3.12. The minimum atomic E-state index is -4.18. The number of hydrogen-bond acceptors (Lipinski definition) is 3. The van der Waals surface area contributed by atoms with Crippen molar-refractivity contribution in [1.82, 2.24) is 0 Å². The fraction of sp³-hybridized carbons (Fsp3) is 0.143. The zero-order chi connectivity index (χ0) is 15.1. The summed E-state index contributed by atoms with van der Waals surface area (Å²) in [6.45, 7) is 0. The molecule has 2 aromatic rings. The Morgan fingerprint density at radius 1 is 0.714 bits per heavy atom. The van der Waals surface area contributed by atoms with Crippen molar-refractivity contribution < 1.29 is 23.2 Å². The van der Waals surface area contributed by atoms with E-state index in [1.165, 1.54) is 0 Å². The first kappa shape index (κ1) is 14.7. The molecule has 0 aliphatic carbocycles. The van der Waals surface area contributed by atoms with Crippen molar-refractivity contribution in [2.75, 3.05) is 0 Å². The first-order valence-electron chi connectivity index (χ1n) is 6.36. The Bertz CT molecular complexity index is 686. The van der Waals surface area contributed by atoms with Gasteiger partial charge in [0.1, 0.15) is 0 Å². The van der Waals surface area contributed by atoms with Crippen LogP contribution in [0.15, 0.2) is 48.5 Å². The molecule has 0 amide bonds. The van der Waals surface area contributed by atoms with E-state index in [9.17, 15) is 18.9 Å². The molecule has 3 aliphatic heterocycles. The van der Waals surface area contributed by atoms with E-state index in [4.69, 9.17) is 0 Å². The van der Waals surface area contributed by atoms with Crippen molar-refractivity contribution in [1.29, 1.82) is 0 Å². The number of benzene rings is 2. The van der Waals surface area contributed by atoms with Gasteiger partial charge in [-0.05, 0) is 22.3 Å². The van der Waals surface area contributed by atoms with Crippen LogP contribution in [0, 0.1) is 0 Å². The van der Waals surface area contributed by atoms with Gasteiger partial charge in [0.05, 0.1) is 12.3 Å². The first-order chi connectivity index (χ1) is 9.83. The minimum absolute atomic E-state index is 0.288. The number of rotatable bonds is 0. The highest BCUT2D eigenvalue weighted by Crippen LogP contribution is 2.62. The summed E-state index contributed by atoms with van der Waals surface area (Å²) in [6.07, 6.45) is -0.577. The Morgan fingerprint density at radius 2 is 1.05 bits per heavy atom. The van der Waals surface area contributed by atoms with E-state index in [0.717, 1.165) is 11.1 Å². The molecule has 0 spiro atoms. The maximum absolute atomic E-state index is 12.0. The fourth-order valence-electron chi connectivity index (χ4n) is 2.32. The van der Waals surface area contributed by atoms with E-state index in [1.54, 1.807) is 24.3 Å². The maximum Gasteiger partial charge on any atom is 0.339 e. The molecule has 0 aromatic heterocycles. The van der Waals surface area contributed by atoms with Gasteiger partial charge in [0.2, 0.25) is 0 Å².